The Balaban J connectivity index is 2.71. The zero-order valence-corrected chi connectivity index (χ0v) is 15.5. The van der Waals surface area contributed by atoms with Crippen molar-refractivity contribution in [2.75, 3.05) is 23.9 Å². The predicted molar refractivity (Wildman–Crippen MR) is 95.8 cm³/mol. The van der Waals surface area contributed by atoms with Crippen LogP contribution in [0.2, 0.25) is 0 Å². The molecule has 2 N–H and O–H groups in total. The van der Waals surface area contributed by atoms with Crippen LogP contribution in [0.4, 0.5) is 5.69 Å². The molecule has 0 aliphatic carbocycles. The van der Waals surface area contributed by atoms with E-state index in [-0.39, 0.29) is 11.7 Å². The first-order chi connectivity index (χ1) is 10.6. The molecule has 0 aromatic heterocycles. The predicted octanol–water partition coefficient (Wildman–Crippen LogP) is 2.62. The Bertz CT molecular complexity index is 639. The molecule has 1 atom stereocenters. The molecule has 0 saturated heterocycles. The van der Waals surface area contributed by atoms with Gasteiger partial charge in [0.15, 0.2) is 0 Å². The molecular weight excluding hydrogens is 312 g/mol. The molecule has 6 heteroatoms. The van der Waals surface area contributed by atoms with E-state index in [1.165, 1.54) is 6.26 Å². The van der Waals surface area contributed by atoms with Crippen LogP contribution < -0.4 is 10.6 Å². The third kappa shape index (κ3) is 6.60. The summed E-state index contributed by atoms with van der Waals surface area (Å²) in [6, 6.07) is 5.91. The summed E-state index contributed by atoms with van der Waals surface area (Å²) in [4.78, 5) is 12.3. The zero-order chi connectivity index (χ0) is 17.6. The van der Waals surface area contributed by atoms with E-state index >= 15 is 0 Å². The highest BCUT2D eigenvalue weighted by atomic mass is 32.2. The molecule has 0 saturated carbocycles. The zero-order valence-electron chi connectivity index (χ0n) is 14.6. The van der Waals surface area contributed by atoms with Gasteiger partial charge in [-0.1, -0.05) is 19.9 Å². The second kappa shape index (κ2) is 8.34. The van der Waals surface area contributed by atoms with Gasteiger partial charge in [0.05, 0.1) is 5.75 Å². The minimum Gasteiger partial charge on any atom is -0.382 e. The van der Waals surface area contributed by atoms with Crippen LogP contribution in [0, 0.1) is 12.8 Å². The van der Waals surface area contributed by atoms with Crippen molar-refractivity contribution in [2.45, 2.75) is 40.2 Å². The number of nitrogens with one attached hydrogen (secondary N) is 2. The van der Waals surface area contributed by atoms with Crippen LogP contribution in [0.15, 0.2) is 18.2 Å². The number of hydrogen-bond acceptors (Lipinski definition) is 4. The fourth-order valence-electron chi connectivity index (χ4n) is 2.08. The van der Waals surface area contributed by atoms with E-state index in [9.17, 15) is 13.2 Å². The fourth-order valence-corrected chi connectivity index (χ4v) is 2.75. The summed E-state index contributed by atoms with van der Waals surface area (Å²) in [6.45, 7) is 8.67. The van der Waals surface area contributed by atoms with E-state index < -0.39 is 9.84 Å². The van der Waals surface area contributed by atoms with Gasteiger partial charge in [-0.2, -0.15) is 0 Å². The molecule has 0 aliphatic heterocycles. The lowest BCUT2D eigenvalue weighted by atomic mass is 10.0. The van der Waals surface area contributed by atoms with Gasteiger partial charge in [0.2, 0.25) is 0 Å². The molecule has 0 unspecified atom stereocenters. The number of benzene rings is 1. The first-order valence-corrected chi connectivity index (χ1v) is 10.00. The van der Waals surface area contributed by atoms with E-state index in [1.54, 1.807) is 6.07 Å². The Labute approximate surface area is 139 Å². The second-order valence-corrected chi connectivity index (χ2v) is 8.65. The van der Waals surface area contributed by atoms with E-state index in [0.717, 1.165) is 11.3 Å². The van der Waals surface area contributed by atoms with Crippen LogP contribution in [-0.4, -0.2) is 38.9 Å². The molecule has 0 fully saturated rings. The van der Waals surface area contributed by atoms with Crippen LogP contribution in [0.5, 0.6) is 0 Å². The summed E-state index contributed by atoms with van der Waals surface area (Å²) in [5, 5.41) is 6.22. The molecule has 1 rings (SSSR count). The maximum absolute atomic E-state index is 12.3. The number of hydrogen-bond donors (Lipinski definition) is 2. The van der Waals surface area contributed by atoms with Crippen molar-refractivity contribution in [1.29, 1.82) is 0 Å². The monoisotopic (exact) mass is 340 g/mol. The normalized spacial score (nSPS) is 13.0. The highest BCUT2D eigenvalue weighted by Crippen LogP contribution is 2.21. The Morgan fingerprint density at radius 2 is 1.87 bits per heavy atom. The van der Waals surface area contributed by atoms with E-state index in [4.69, 9.17) is 0 Å². The third-order valence-corrected chi connectivity index (χ3v) is 4.97. The van der Waals surface area contributed by atoms with Gasteiger partial charge in [-0.05, 0) is 43.9 Å². The number of rotatable bonds is 8. The summed E-state index contributed by atoms with van der Waals surface area (Å²) in [7, 11) is -2.98. The van der Waals surface area contributed by atoms with Crippen molar-refractivity contribution in [3.8, 4) is 0 Å². The first kappa shape index (κ1) is 19.5. The van der Waals surface area contributed by atoms with Crippen LogP contribution >= 0.6 is 0 Å². The SMILES string of the molecule is Cc1c(N[C@H](C)C(C)C)cccc1C(=O)NCCCS(C)(=O)=O. The van der Waals surface area contributed by atoms with Crippen LogP contribution in [-0.2, 0) is 9.84 Å². The summed E-state index contributed by atoms with van der Waals surface area (Å²) in [5.74, 6) is 0.402. The maximum atomic E-state index is 12.3. The summed E-state index contributed by atoms with van der Waals surface area (Å²) < 4.78 is 22.2. The molecule has 0 heterocycles. The third-order valence-electron chi connectivity index (χ3n) is 3.94. The average molecular weight is 340 g/mol. The lowest BCUT2D eigenvalue weighted by Crippen LogP contribution is -2.27. The Morgan fingerprint density at radius 3 is 2.43 bits per heavy atom. The van der Waals surface area contributed by atoms with Crippen molar-refractivity contribution < 1.29 is 13.2 Å². The summed E-state index contributed by atoms with van der Waals surface area (Å²) in [5.41, 5.74) is 2.47. The van der Waals surface area contributed by atoms with Gasteiger partial charge in [0.25, 0.3) is 5.91 Å². The molecule has 0 radical (unpaired) electrons. The number of amides is 1. The molecule has 0 spiro atoms. The van der Waals surface area contributed by atoms with Gasteiger partial charge in [-0.25, -0.2) is 8.42 Å². The van der Waals surface area contributed by atoms with E-state index in [1.807, 2.05) is 19.1 Å². The topological polar surface area (TPSA) is 75.3 Å². The largest absolute Gasteiger partial charge is 0.382 e. The fraction of sp³-hybridized carbons (Fsp3) is 0.588. The average Bonchev–Trinajstić information content (AvgIpc) is 2.44. The number of carbonyl (C=O) groups excluding carboxylic acids is 1. The maximum Gasteiger partial charge on any atom is 0.251 e. The van der Waals surface area contributed by atoms with E-state index in [2.05, 4.69) is 31.4 Å². The molecule has 0 aliphatic rings. The van der Waals surface area contributed by atoms with Gasteiger partial charge in [-0.15, -0.1) is 0 Å². The van der Waals surface area contributed by atoms with Crippen LogP contribution in [0.1, 0.15) is 43.1 Å². The molecule has 0 bridgehead atoms. The highest BCUT2D eigenvalue weighted by molar-refractivity contribution is 7.90. The van der Waals surface area contributed by atoms with Crippen molar-refractivity contribution in [3.05, 3.63) is 29.3 Å². The van der Waals surface area contributed by atoms with Gasteiger partial charge in [0, 0.05) is 30.1 Å². The van der Waals surface area contributed by atoms with Gasteiger partial charge in [-0.3, -0.25) is 4.79 Å². The highest BCUT2D eigenvalue weighted by Gasteiger charge is 2.14. The number of anilines is 1. The van der Waals surface area contributed by atoms with Gasteiger partial charge in [0.1, 0.15) is 9.84 Å². The van der Waals surface area contributed by atoms with Crippen LogP contribution in [0.25, 0.3) is 0 Å². The first-order valence-electron chi connectivity index (χ1n) is 7.94. The Morgan fingerprint density at radius 1 is 1.22 bits per heavy atom. The standard InChI is InChI=1S/C17H28N2O3S/c1-12(2)14(4)19-16-9-6-8-15(13(16)3)17(20)18-10-7-11-23(5,21)22/h6,8-9,12,14,19H,7,10-11H2,1-5H3,(H,18,20)/t14-/m1/s1. The lowest BCUT2D eigenvalue weighted by molar-refractivity contribution is 0.0953. The van der Waals surface area contributed by atoms with Crippen molar-refractivity contribution in [3.63, 3.8) is 0 Å². The molecule has 130 valence electrons. The number of sulfone groups is 1. The minimum absolute atomic E-state index is 0.0831. The minimum atomic E-state index is -2.98. The smallest absolute Gasteiger partial charge is 0.251 e. The van der Waals surface area contributed by atoms with Gasteiger partial charge >= 0.3 is 0 Å². The molecule has 5 nitrogen and oxygen atoms in total. The van der Waals surface area contributed by atoms with Crippen molar-refractivity contribution >= 4 is 21.4 Å². The summed E-state index contributed by atoms with van der Waals surface area (Å²) in [6.07, 6.45) is 1.62. The Hall–Kier alpha value is -1.56. The molecule has 23 heavy (non-hydrogen) atoms. The van der Waals surface area contributed by atoms with Crippen molar-refractivity contribution in [2.24, 2.45) is 5.92 Å². The molecule has 1 aromatic rings. The lowest BCUT2D eigenvalue weighted by Gasteiger charge is -2.21. The molecular formula is C17H28N2O3S. The second-order valence-electron chi connectivity index (χ2n) is 6.39. The molecule has 1 amide bonds. The van der Waals surface area contributed by atoms with E-state index in [0.29, 0.717) is 30.5 Å². The molecule has 1 aromatic carbocycles. The van der Waals surface area contributed by atoms with Crippen molar-refractivity contribution in [1.82, 2.24) is 5.32 Å². The van der Waals surface area contributed by atoms with Crippen LogP contribution in [0.3, 0.4) is 0 Å². The quantitative estimate of drug-likeness (QED) is 0.713. The van der Waals surface area contributed by atoms with Gasteiger partial charge < -0.3 is 10.6 Å². The number of carbonyl (C=O) groups is 1. The summed E-state index contributed by atoms with van der Waals surface area (Å²) >= 11 is 0. The Kier molecular flexibility index (Phi) is 7.06.